The maximum absolute atomic E-state index is 13.3. The van der Waals surface area contributed by atoms with Gasteiger partial charge in [0.1, 0.15) is 11.4 Å². The first-order valence-corrected chi connectivity index (χ1v) is 9.85. The molecular weight excluding hydrogens is 391 g/mol. The molecule has 2 aromatic rings. The number of hydrogen-bond acceptors (Lipinski definition) is 5. The van der Waals surface area contributed by atoms with E-state index in [9.17, 15) is 18.8 Å². The van der Waals surface area contributed by atoms with Gasteiger partial charge in [-0.25, -0.2) is 4.39 Å². The number of rotatable bonds is 4. The molecule has 0 spiro atoms. The van der Waals surface area contributed by atoms with Crippen molar-refractivity contribution < 1.29 is 18.7 Å². The van der Waals surface area contributed by atoms with Gasteiger partial charge in [-0.15, -0.1) is 0 Å². The fraction of sp³-hybridized carbons (Fsp3) is 0.381. The summed E-state index contributed by atoms with van der Waals surface area (Å²) in [6, 6.07) is 5.39. The highest BCUT2D eigenvalue weighted by Gasteiger charge is 2.28. The molecule has 8 nitrogen and oxygen atoms in total. The van der Waals surface area contributed by atoms with E-state index in [0.717, 1.165) is 0 Å². The minimum Gasteiger partial charge on any atom is -0.379 e. The molecular formula is C21H23FN4O4. The van der Waals surface area contributed by atoms with Gasteiger partial charge in [0.05, 0.1) is 19.8 Å². The molecule has 1 saturated heterocycles. The van der Waals surface area contributed by atoms with E-state index < -0.39 is 17.3 Å². The molecule has 0 radical (unpaired) electrons. The Morgan fingerprint density at radius 2 is 1.80 bits per heavy atom. The minimum atomic E-state index is -0.805. The summed E-state index contributed by atoms with van der Waals surface area (Å²) in [6.45, 7) is 3.65. The average molecular weight is 414 g/mol. The van der Waals surface area contributed by atoms with Crippen LogP contribution in [-0.2, 0) is 22.5 Å². The minimum absolute atomic E-state index is 0.0114. The third kappa shape index (κ3) is 3.99. The number of ether oxygens (including phenoxy) is 1. The molecule has 2 N–H and O–H groups in total. The summed E-state index contributed by atoms with van der Waals surface area (Å²) in [5.41, 5.74) is 6.60. The molecule has 30 heavy (non-hydrogen) atoms. The van der Waals surface area contributed by atoms with Gasteiger partial charge < -0.3 is 15.4 Å². The second-order valence-corrected chi connectivity index (χ2v) is 7.48. The Labute approximate surface area is 172 Å². The predicted octanol–water partition coefficient (Wildman–Crippen LogP) is 0.292. The van der Waals surface area contributed by atoms with Crippen LogP contribution in [0, 0.1) is 5.82 Å². The average Bonchev–Trinajstić information content (AvgIpc) is 2.74. The van der Waals surface area contributed by atoms with Crippen molar-refractivity contribution in [3.05, 3.63) is 63.3 Å². The van der Waals surface area contributed by atoms with Crippen LogP contribution >= 0.6 is 0 Å². The van der Waals surface area contributed by atoms with Crippen LogP contribution in [0.15, 0.2) is 35.3 Å². The molecule has 2 aliphatic rings. The Morgan fingerprint density at radius 3 is 2.47 bits per heavy atom. The number of nitrogens with zero attached hydrogens (tertiary/aromatic N) is 3. The third-order valence-corrected chi connectivity index (χ3v) is 5.57. The summed E-state index contributed by atoms with van der Waals surface area (Å²) in [5.74, 6) is -1.25. The van der Waals surface area contributed by atoms with Gasteiger partial charge in [-0.2, -0.15) is 0 Å². The number of aromatic nitrogens is 1. The van der Waals surface area contributed by atoms with Crippen molar-refractivity contribution in [1.82, 2.24) is 14.4 Å². The molecule has 0 atom stereocenters. The molecule has 9 heteroatoms. The Kier molecular flexibility index (Phi) is 5.65. The van der Waals surface area contributed by atoms with Gasteiger partial charge >= 0.3 is 0 Å². The van der Waals surface area contributed by atoms with Gasteiger partial charge in [0.2, 0.25) is 5.91 Å². The molecule has 2 aliphatic heterocycles. The first-order valence-electron chi connectivity index (χ1n) is 9.85. The fourth-order valence-electron chi connectivity index (χ4n) is 3.97. The number of carbonyl (C=O) groups excluding carboxylic acids is 2. The standard InChI is InChI=1S/C21H23FN4O4/c22-15-1-3-16(4-2-15)26-12-14-11-25(18(27)13-24-7-9-30-10-8-24)6-5-17(14)19(20(23)28)21(26)29/h1-4,12H,5-11,13H2,(H2,23,28). The number of benzene rings is 1. The molecule has 158 valence electrons. The number of nitrogens with two attached hydrogens (primary N) is 1. The van der Waals surface area contributed by atoms with E-state index in [0.29, 0.717) is 62.6 Å². The van der Waals surface area contributed by atoms with Crippen molar-refractivity contribution >= 4 is 11.8 Å². The van der Waals surface area contributed by atoms with Crippen LogP contribution in [0.4, 0.5) is 4.39 Å². The summed E-state index contributed by atoms with van der Waals surface area (Å²) in [4.78, 5) is 41.5. The number of primary amides is 1. The molecule has 2 amide bonds. The second kappa shape index (κ2) is 8.37. The number of pyridine rings is 1. The lowest BCUT2D eigenvalue weighted by atomic mass is 9.96. The summed E-state index contributed by atoms with van der Waals surface area (Å²) >= 11 is 0. The Morgan fingerprint density at radius 1 is 1.10 bits per heavy atom. The summed E-state index contributed by atoms with van der Waals surface area (Å²) < 4.78 is 19.9. The van der Waals surface area contributed by atoms with Crippen molar-refractivity contribution in [1.29, 1.82) is 0 Å². The zero-order chi connectivity index (χ0) is 21.3. The highest BCUT2D eigenvalue weighted by molar-refractivity contribution is 5.94. The van der Waals surface area contributed by atoms with Gasteiger partial charge in [0, 0.05) is 38.1 Å². The molecule has 3 heterocycles. The van der Waals surface area contributed by atoms with E-state index in [1.807, 2.05) is 0 Å². The normalized spacial score (nSPS) is 16.9. The molecule has 0 bridgehead atoms. The molecule has 1 aromatic heterocycles. The second-order valence-electron chi connectivity index (χ2n) is 7.48. The Bertz CT molecular complexity index is 1030. The van der Waals surface area contributed by atoms with E-state index in [4.69, 9.17) is 10.5 Å². The number of amides is 2. The third-order valence-electron chi connectivity index (χ3n) is 5.57. The zero-order valence-corrected chi connectivity index (χ0v) is 16.5. The van der Waals surface area contributed by atoms with Crippen molar-refractivity contribution in [3.63, 3.8) is 0 Å². The van der Waals surface area contributed by atoms with Crippen molar-refractivity contribution in [3.8, 4) is 5.69 Å². The quantitative estimate of drug-likeness (QED) is 0.776. The first kappa shape index (κ1) is 20.2. The smallest absolute Gasteiger partial charge is 0.268 e. The number of carbonyl (C=O) groups is 2. The lowest BCUT2D eigenvalue weighted by molar-refractivity contribution is -0.134. The lowest BCUT2D eigenvalue weighted by Gasteiger charge is -2.33. The van der Waals surface area contributed by atoms with E-state index in [-0.39, 0.29) is 18.0 Å². The number of morpholine rings is 1. The molecule has 0 saturated carbocycles. The van der Waals surface area contributed by atoms with Crippen molar-refractivity contribution in [2.24, 2.45) is 5.73 Å². The van der Waals surface area contributed by atoms with E-state index >= 15 is 0 Å². The van der Waals surface area contributed by atoms with E-state index in [2.05, 4.69) is 4.90 Å². The van der Waals surface area contributed by atoms with Crippen LogP contribution in [0.2, 0.25) is 0 Å². The van der Waals surface area contributed by atoms with Gasteiger partial charge in [0.25, 0.3) is 11.5 Å². The Hall–Kier alpha value is -3.04. The molecule has 1 aromatic carbocycles. The van der Waals surface area contributed by atoms with Crippen LogP contribution in [0.5, 0.6) is 0 Å². The molecule has 0 unspecified atom stereocenters. The van der Waals surface area contributed by atoms with Gasteiger partial charge in [0.15, 0.2) is 0 Å². The maximum atomic E-state index is 13.3. The van der Waals surface area contributed by atoms with E-state index in [1.54, 1.807) is 11.1 Å². The summed E-state index contributed by atoms with van der Waals surface area (Å²) in [5, 5.41) is 0. The predicted molar refractivity (Wildman–Crippen MR) is 107 cm³/mol. The number of halogens is 1. The Balaban J connectivity index is 1.65. The maximum Gasteiger partial charge on any atom is 0.268 e. The van der Waals surface area contributed by atoms with Crippen LogP contribution in [-0.4, -0.2) is 65.6 Å². The van der Waals surface area contributed by atoms with Crippen LogP contribution in [0.1, 0.15) is 21.5 Å². The number of fused-ring (bicyclic) bond motifs is 1. The van der Waals surface area contributed by atoms with Crippen LogP contribution in [0.25, 0.3) is 5.69 Å². The zero-order valence-electron chi connectivity index (χ0n) is 16.5. The van der Waals surface area contributed by atoms with Crippen LogP contribution < -0.4 is 11.3 Å². The van der Waals surface area contributed by atoms with E-state index in [1.165, 1.54) is 28.8 Å². The van der Waals surface area contributed by atoms with Crippen molar-refractivity contribution in [2.45, 2.75) is 13.0 Å². The van der Waals surface area contributed by atoms with Gasteiger partial charge in [-0.1, -0.05) is 0 Å². The molecule has 1 fully saturated rings. The first-order chi connectivity index (χ1) is 14.4. The van der Waals surface area contributed by atoms with Gasteiger partial charge in [-0.05, 0) is 41.8 Å². The highest BCUT2D eigenvalue weighted by atomic mass is 19.1. The summed E-state index contributed by atoms with van der Waals surface area (Å²) in [7, 11) is 0. The van der Waals surface area contributed by atoms with Crippen LogP contribution in [0.3, 0.4) is 0 Å². The van der Waals surface area contributed by atoms with Gasteiger partial charge in [-0.3, -0.25) is 23.9 Å². The monoisotopic (exact) mass is 414 g/mol. The van der Waals surface area contributed by atoms with Crippen molar-refractivity contribution in [2.75, 3.05) is 39.4 Å². The number of hydrogen-bond donors (Lipinski definition) is 1. The largest absolute Gasteiger partial charge is 0.379 e. The lowest BCUT2D eigenvalue weighted by Crippen LogP contribution is -2.46. The highest BCUT2D eigenvalue weighted by Crippen LogP contribution is 2.22. The molecule has 0 aliphatic carbocycles. The topological polar surface area (TPSA) is 97.9 Å². The summed E-state index contributed by atoms with van der Waals surface area (Å²) in [6.07, 6.45) is 1.99. The fourth-order valence-corrected chi connectivity index (χ4v) is 3.97. The SMILES string of the molecule is NC(=O)c1c2c(cn(-c3ccc(F)cc3)c1=O)CN(C(=O)CN1CCOCC1)CC2. The molecule has 4 rings (SSSR count).